The molecule has 0 radical (unpaired) electrons. The van der Waals surface area contributed by atoms with Gasteiger partial charge in [0.05, 0.1) is 11.3 Å². The van der Waals surface area contributed by atoms with Crippen LogP contribution in [0, 0.1) is 5.82 Å². The molecule has 9 heteroatoms. The van der Waals surface area contributed by atoms with Crippen LogP contribution in [0.1, 0.15) is 16.7 Å². The lowest BCUT2D eigenvalue weighted by Gasteiger charge is -2.12. The number of hydrogen-bond donors (Lipinski definition) is 3. The fourth-order valence-corrected chi connectivity index (χ4v) is 2.91. The third-order valence-corrected chi connectivity index (χ3v) is 4.37. The molecule has 0 aliphatic carbocycles. The summed E-state index contributed by atoms with van der Waals surface area (Å²) in [5, 5.41) is 4.48. The summed E-state index contributed by atoms with van der Waals surface area (Å²) < 4.78 is 52.2. The van der Waals surface area contributed by atoms with Crippen LogP contribution in [0.15, 0.2) is 78.9 Å². The van der Waals surface area contributed by atoms with Crippen LogP contribution in [-0.4, -0.2) is 11.9 Å². The second-order valence-corrected chi connectivity index (χ2v) is 6.68. The number of benzene rings is 3. The number of anilines is 2. The number of nitrogens with two attached hydrogens (primary N) is 1. The first-order chi connectivity index (χ1) is 15.1. The number of urea groups is 1. The van der Waals surface area contributed by atoms with Gasteiger partial charge < -0.3 is 16.4 Å². The zero-order valence-corrected chi connectivity index (χ0v) is 16.4. The number of carbonyl (C=O) groups is 2. The van der Waals surface area contributed by atoms with Crippen LogP contribution in [0.5, 0.6) is 0 Å². The van der Waals surface area contributed by atoms with Crippen molar-refractivity contribution >= 4 is 28.9 Å². The zero-order chi connectivity index (χ0) is 23.3. The van der Waals surface area contributed by atoms with Gasteiger partial charge in [0.15, 0.2) is 0 Å². The highest BCUT2D eigenvalue weighted by atomic mass is 19.4. The first-order valence-electron chi connectivity index (χ1n) is 9.25. The van der Waals surface area contributed by atoms with E-state index in [1.807, 2.05) is 6.07 Å². The topological polar surface area (TPSA) is 84.2 Å². The minimum Gasteiger partial charge on any atom is -0.366 e. The maximum atomic E-state index is 13.8. The van der Waals surface area contributed by atoms with Crippen LogP contribution in [0.2, 0.25) is 0 Å². The Bertz CT molecular complexity index is 1160. The molecule has 0 aromatic heterocycles. The molecule has 3 rings (SSSR count). The summed E-state index contributed by atoms with van der Waals surface area (Å²) in [4.78, 5) is 23.6. The summed E-state index contributed by atoms with van der Waals surface area (Å²) in [5.41, 5.74) is 5.87. The second kappa shape index (κ2) is 9.34. The van der Waals surface area contributed by atoms with Crippen molar-refractivity contribution in [2.75, 3.05) is 10.6 Å². The van der Waals surface area contributed by atoms with Crippen LogP contribution in [0.4, 0.5) is 33.7 Å². The monoisotopic (exact) mass is 443 g/mol. The van der Waals surface area contributed by atoms with E-state index in [0.717, 1.165) is 5.56 Å². The Morgan fingerprint density at radius 2 is 1.47 bits per heavy atom. The van der Waals surface area contributed by atoms with E-state index >= 15 is 0 Å². The third kappa shape index (κ3) is 5.72. The summed E-state index contributed by atoms with van der Waals surface area (Å²) in [5.74, 6) is -1.64. The molecule has 5 nitrogen and oxygen atoms in total. The Morgan fingerprint density at radius 1 is 0.844 bits per heavy atom. The number of nitrogens with one attached hydrogen (secondary N) is 2. The van der Waals surface area contributed by atoms with E-state index in [2.05, 4.69) is 10.6 Å². The van der Waals surface area contributed by atoms with Gasteiger partial charge in [-0.3, -0.25) is 4.79 Å². The summed E-state index contributed by atoms with van der Waals surface area (Å²) >= 11 is 0. The van der Waals surface area contributed by atoms with E-state index in [1.165, 1.54) is 18.2 Å². The molecular formula is C23H17F4N3O2. The summed E-state index contributed by atoms with van der Waals surface area (Å²) in [7, 11) is 0. The molecule has 0 heterocycles. The van der Waals surface area contributed by atoms with Crippen molar-refractivity contribution in [2.45, 2.75) is 6.18 Å². The first kappa shape index (κ1) is 22.5. The first-order valence-corrected chi connectivity index (χ1v) is 9.25. The minimum atomic E-state index is -4.68. The van der Waals surface area contributed by atoms with Crippen LogP contribution >= 0.6 is 0 Å². The van der Waals surface area contributed by atoms with Crippen molar-refractivity contribution < 1.29 is 27.2 Å². The molecule has 0 atom stereocenters. The lowest BCUT2D eigenvalue weighted by atomic mass is 9.97. The maximum absolute atomic E-state index is 13.8. The van der Waals surface area contributed by atoms with Crippen molar-refractivity contribution in [1.82, 2.24) is 0 Å². The van der Waals surface area contributed by atoms with Crippen molar-refractivity contribution in [1.29, 1.82) is 0 Å². The van der Waals surface area contributed by atoms with E-state index < -0.39 is 35.2 Å². The van der Waals surface area contributed by atoms with Gasteiger partial charge in [-0.15, -0.1) is 0 Å². The maximum Gasteiger partial charge on any atom is 0.416 e. The summed E-state index contributed by atoms with van der Waals surface area (Å²) in [6.45, 7) is 0. The Morgan fingerprint density at radius 3 is 2.06 bits per heavy atom. The van der Waals surface area contributed by atoms with Crippen molar-refractivity contribution in [3.8, 4) is 0 Å². The number of primary amides is 1. The molecule has 0 saturated carbocycles. The molecular weight excluding hydrogens is 426 g/mol. The Labute approximate surface area is 180 Å². The molecule has 0 fully saturated rings. The quantitative estimate of drug-likeness (QED) is 0.364. The highest BCUT2D eigenvalue weighted by Gasteiger charge is 2.31. The molecule has 4 N–H and O–H groups in total. The summed E-state index contributed by atoms with van der Waals surface area (Å²) in [6.07, 6.45) is -3.40. The molecule has 3 aromatic rings. The second-order valence-electron chi connectivity index (χ2n) is 6.68. The van der Waals surface area contributed by atoms with E-state index in [1.54, 1.807) is 36.4 Å². The molecule has 0 unspecified atom stereocenters. The molecule has 3 aromatic carbocycles. The number of halogens is 4. The van der Waals surface area contributed by atoms with E-state index in [-0.39, 0.29) is 0 Å². The Hall–Kier alpha value is -4.14. The van der Waals surface area contributed by atoms with Crippen LogP contribution in [-0.2, 0) is 11.0 Å². The van der Waals surface area contributed by atoms with Gasteiger partial charge in [0, 0.05) is 11.8 Å². The van der Waals surface area contributed by atoms with Gasteiger partial charge >= 0.3 is 12.2 Å². The van der Waals surface area contributed by atoms with Gasteiger partial charge in [0.2, 0.25) is 5.91 Å². The van der Waals surface area contributed by atoms with Crippen LogP contribution < -0.4 is 16.4 Å². The average Bonchev–Trinajstić information content (AvgIpc) is 2.74. The SMILES string of the molecule is NC(=O)/C=C(\c1ccccc1)c1ccc(NC(=O)Nc2cc(C(F)(F)F)ccc2F)cc1. The number of alkyl halides is 3. The molecule has 0 saturated heterocycles. The Kier molecular flexibility index (Phi) is 6.58. The highest BCUT2D eigenvalue weighted by Crippen LogP contribution is 2.32. The standard InChI is InChI=1S/C23H17F4N3O2/c24-19-11-8-16(23(25,26)27)12-20(19)30-22(32)29-17-9-6-15(7-10-17)18(13-21(28)31)14-4-2-1-3-5-14/h1-13H,(H2,28,31)(H2,29,30,32)/b18-13+. The molecule has 32 heavy (non-hydrogen) atoms. The van der Waals surface area contributed by atoms with Gasteiger partial charge in [0.25, 0.3) is 0 Å². The fraction of sp³-hybridized carbons (Fsp3) is 0.0435. The zero-order valence-electron chi connectivity index (χ0n) is 16.4. The molecule has 0 spiro atoms. The smallest absolute Gasteiger partial charge is 0.366 e. The number of amides is 3. The lowest BCUT2D eigenvalue weighted by Crippen LogP contribution is -2.20. The molecule has 3 amide bonds. The van der Waals surface area contributed by atoms with Crippen LogP contribution in [0.3, 0.4) is 0 Å². The van der Waals surface area contributed by atoms with Gasteiger partial charge in [-0.05, 0) is 47.0 Å². The van der Waals surface area contributed by atoms with Gasteiger partial charge in [0.1, 0.15) is 5.82 Å². The molecule has 0 aliphatic rings. The average molecular weight is 443 g/mol. The number of hydrogen-bond acceptors (Lipinski definition) is 2. The number of rotatable bonds is 5. The predicted molar refractivity (Wildman–Crippen MR) is 113 cm³/mol. The highest BCUT2D eigenvalue weighted by molar-refractivity contribution is 6.01. The van der Waals surface area contributed by atoms with Gasteiger partial charge in [-0.25, -0.2) is 9.18 Å². The lowest BCUT2D eigenvalue weighted by molar-refractivity contribution is -0.137. The molecule has 0 aliphatic heterocycles. The van der Waals surface area contributed by atoms with Crippen molar-refractivity contribution in [3.05, 3.63) is 101 Å². The van der Waals surface area contributed by atoms with Gasteiger partial charge in [-0.1, -0.05) is 42.5 Å². The van der Waals surface area contributed by atoms with Crippen molar-refractivity contribution in [2.24, 2.45) is 5.73 Å². The summed E-state index contributed by atoms with van der Waals surface area (Å²) in [6, 6.07) is 16.1. The molecule has 164 valence electrons. The van der Waals surface area contributed by atoms with E-state index in [0.29, 0.717) is 35.0 Å². The largest absolute Gasteiger partial charge is 0.416 e. The third-order valence-electron chi connectivity index (χ3n) is 4.37. The van der Waals surface area contributed by atoms with Crippen LogP contribution in [0.25, 0.3) is 5.57 Å². The van der Waals surface area contributed by atoms with E-state index in [4.69, 9.17) is 5.73 Å². The minimum absolute atomic E-state index is 0.296. The van der Waals surface area contributed by atoms with Gasteiger partial charge in [-0.2, -0.15) is 13.2 Å². The Balaban J connectivity index is 1.76. The predicted octanol–water partition coefficient (Wildman–Crippen LogP) is 5.41. The molecule has 0 bridgehead atoms. The normalized spacial score (nSPS) is 11.7. The van der Waals surface area contributed by atoms with E-state index in [9.17, 15) is 27.2 Å². The van der Waals surface area contributed by atoms with Crippen molar-refractivity contribution in [3.63, 3.8) is 0 Å². The fourth-order valence-electron chi connectivity index (χ4n) is 2.91. The number of carbonyl (C=O) groups excluding carboxylic acids is 2.